The van der Waals surface area contributed by atoms with E-state index in [1.165, 1.54) is 6.92 Å². The third kappa shape index (κ3) is 4.67. The van der Waals surface area contributed by atoms with Crippen molar-refractivity contribution in [3.63, 3.8) is 0 Å². The van der Waals surface area contributed by atoms with Gasteiger partial charge in [0.25, 0.3) is 11.8 Å². The molecule has 0 radical (unpaired) electrons. The van der Waals surface area contributed by atoms with Crippen molar-refractivity contribution in [1.29, 1.82) is 0 Å². The van der Waals surface area contributed by atoms with Crippen LogP contribution in [0.2, 0.25) is 0 Å². The van der Waals surface area contributed by atoms with Crippen LogP contribution in [0.4, 0.5) is 11.4 Å². The van der Waals surface area contributed by atoms with Gasteiger partial charge in [0.15, 0.2) is 0 Å². The number of rotatable bonds is 6. The quantitative estimate of drug-likeness (QED) is 0.327. The van der Waals surface area contributed by atoms with Crippen LogP contribution in [0, 0.1) is 6.92 Å². The van der Waals surface area contributed by atoms with E-state index in [0.717, 1.165) is 10.5 Å². The number of aryl methyl sites for hydroxylation is 1. The normalized spacial score (nSPS) is 12.3. The van der Waals surface area contributed by atoms with Crippen LogP contribution in [0.5, 0.6) is 23.0 Å². The number of hydrogen-bond acceptors (Lipinski definition) is 5. The van der Waals surface area contributed by atoms with Crippen LogP contribution >= 0.6 is 0 Å². The topological polar surface area (TPSA) is 84.9 Å². The number of hydrogen-bond donors (Lipinski definition) is 1. The average molecular weight is 479 g/mol. The Balaban J connectivity index is 1.33. The van der Waals surface area contributed by atoms with Crippen LogP contribution in [-0.4, -0.2) is 17.7 Å². The van der Waals surface area contributed by atoms with Gasteiger partial charge in [0.2, 0.25) is 5.91 Å². The van der Waals surface area contributed by atoms with E-state index in [1.54, 1.807) is 66.7 Å². The lowest BCUT2D eigenvalue weighted by molar-refractivity contribution is -0.114. The Morgan fingerprint density at radius 2 is 1.28 bits per heavy atom. The number of anilines is 2. The maximum atomic E-state index is 13.2. The smallest absolute Gasteiger partial charge is 0.266 e. The zero-order valence-electron chi connectivity index (χ0n) is 19.6. The van der Waals surface area contributed by atoms with Gasteiger partial charge in [-0.15, -0.1) is 0 Å². The van der Waals surface area contributed by atoms with E-state index in [1.807, 2.05) is 31.2 Å². The van der Waals surface area contributed by atoms with Crippen molar-refractivity contribution in [2.45, 2.75) is 13.8 Å². The summed E-state index contributed by atoms with van der Waals surface area (Å²) in [5, 5.41) is 2.70. The fourth-order valence-electron chi connectivity index (χ4n) is 3.90. The summed E-state index contributed by atoms with van der Waals surface area (Å²) in [6, 6.07) is 26.1. The lowest BCUT2D eigenvalue weighted by Gasteiger charge is -2.14. The molecular weight excluding hydrogens is 456 g/mol. The van der Waals surface area contributed by atoms with E-state index in [2.05, 4.69) is 5.32 Å². The van der Waals surface area contributed by atoms with E-state index in [0.29, 0.717) is 39.9 Å². The second kappa shape index (κ2) is 9.38. The zero-order chi connectivity index (χ0) is 25.2. The maximum Gasteiger partial charge on any atom is 0.266 e. The van der Waals surface area contributed by atoms with Crippen LogP contribution in [0.3, 0.4) is 0 Å². The van der Waals surface area contributed by atoms with E-state index in [9.17, 15) is 14.4 Å². The first-order chi connectivity index (χ1) is 17.4. The highest BCUT2D eigenvalue weighted by Crippen LogP contribution is 2.34. The van der Waals surface area contributed by atoms with Gasteiger partial charge in [0.05, 0.1) is 16.8 Å². The molecule has 1 heterocycles. The first-order valence-electron chi connectivity index (χ1n) is 11.3. The lowest BCUT2D eigenvalue weighted by Crippen LogP contribution is -2.29. The SMILES string of the molecule is CC(=O)Nc1cccc(Oc2ccc3c(c2)C(=O)N(c2ccc(Oc4ccc(C)cc4)cc2)C3=O)c1. The summed E-state index contributed by atoms with van der Waals surface area (Å²) in [5.41, 5.74) is 2.74. The predicted octanol–water partition coefficient (Wildman–Crippen LogP) is 6.34. The number of benzene rings is 4. The molecule has 0 bridgehead atoms. The van der Waals surface area contributed by atoms with E-state index >= 15 is 0 Å². The molecule has 5 rings (SSSR count). The molecule has 7 nitrogen and oxygen atoms in total. The second-order valence-corrected chi connectivity index (χ2v) is 8.37. The molecule has 0 atom stereocenters. The molecule has 0 aliphatic carbocycles. The average Bonchev–Trinajstić information content (AvgIpc) is 3.10. The van der Waals surface area contributed by atoms with Gasteiger partial charge < -0.3 is 14.8 Å². The van der Waals surface area contributed by atoms with Gasteiger partial charge in [-0.2, -0.15) is 0 Å². The monoisotopic (exact) mass is 478 g/mol. The second-order valence-electron chi connectivity index (χ2n) is 8.37. The number of nitrogens with one attached hydrogen (secondary N) is 1. The lowest BCUT2D eigenvalue weighted by atomic mass is 10.1. The molecule has 0 fully saturated rings. The Morgan fingerprint density at radius 3 is 1.97 bits per heavy atom. The van der Waals surface area contributed by atoms with Gasteiger partial charge in [-0.05, 0) is 73.7 Å². The van der Waals surface area contributed by atoms with Crippen molar-refractivity contribution < 1.29 is 23.9 Å². The summed E-state index contributed by atoms with van der Waals surface area (Å²) >= 11 is 0. The minimum atomic E-state index is -0.431. The van der Waals surface area contributed by atoms with Crippen LogP contribution in [0.1, 0.15) is 33.2 Å². The number of nitrogens with zero attached hydrogens (tertiary/aromatic N) is 1. The van der Waals surface area contributed by atoms with Crippen molar-refractivity contribution in [1.82, 2.24) is 0 Å². The first kappa shape index (κ1) is 22.9. The summed E-state index contributed by atoms with van der Waals surface area (Å²) in [5.74, 6) is 1.16. The number of fused-ring (bicyclic) bond motifs is 1. The van der Waals surface area contributed by atoms with Gasteiger partial charge in [-0.25, -0.2) is 4.90 Å². The number of ether oxygens (including phenoxy) is 2. The summed E-state index contributed by atoms with van der Waals surface area (Å²) in [4.78, 5) is 38.6. The van der Waals surface area contributed by atoms with Crippen LogP contribution in [-0.2, 0) is 4.79 Å². The molecular formula is C29H22N2O5. The Kier molecular flexibility index (Phi) is 5.96. The minimum absolute atomic E-state index is 0.191. The largest absolute Gasteiger partial charge is 0.457 e. The highest BCUT2D eigenvalue weighted by molar-refractivity contribution is 6.34. The van der Waals surface area contributed by atoms with E-state index in [-0.39, 0.29) is 11.5 Å². The van der Waals surface area contributed by atoms with Gasteiger partial charge in [0, 0.05) is 18.7 Å². The molecule has 36 heavy (non-hydrogen) atoms. The molecule has 1 aliphatic rings. The maximum absolute atomic E-state index is 13.2. The van der Waals surface area contributed by atoms with Gasteiger partial charge in [-0.1, -0.05) is 23.8 Å². The predicted molar refractivity (Wildman–Crippen MR) is 136 cm³/mol. The van der Waals surface area contributed by atoms with Crippen molar-refractivity contribution in [2.75, 3.05) is 10.2 Å². The molecule has 1 N–H and O–H groups in total. The highest BCUT2D eigenvalue weighted by Gasteiger charge is 2.37. The Labute approximate surface area is 207 Å². The van der Waals surface area contributed by atoms with Crippen molar-refractivity contribution in [3.8, 4) is 23.0 Å². The highest BCUT2D eigenvalue weighted by atomic mass is 16.5. The fraction of sp³-hybridized carbons (Fsp3) is 0.0690. The summed E-state index contributed by atoms with van der Waals surface area (Å²) in [6.45, 7) is 3.43. The summed E-state index contributed by atoms with van der Waals surface area (Å²) in [6.07, 6.45) is 0. The number of imide groups is 1. The molecule has 4 aromatic carbocycles. The summed E-state index contributed by atoms with van der Waals surface area (Å²) < 4.78 is 11.7. The minimum Gasteiger partial charge on any atom is -0.457 e. The van der Waals surface area contributed by atoms with E-state index < -0.39 is 11.8 Å². The molecule has 0 spiro atoms. The number of amides is 3. The van der Waals surface area contributed by atoms with Crippen LogP contribution in [0.25, 0.3) is 0 Å². The third-order valence-electron chi connectivity index (χ3n) is 5.60. The Hall–Kier alpha value is -4.91. The molecule has 4 aromatic rings. The van der Waals surface area contributed by atoms with Crippen molar-refractivity contribution >= 4 is 29.1 Å². The molecule has 7 heteroatoms. The molecule has 0 aromatic heterocycles. The third-order valence-corrected chi connectivity index (χ3v) is 5.60. The zero-order valence-corrected chi connectivity index (χ0v) is 19.6. The van der Waals surface area contributed by atoms with Crippen molar-refractivity contribution in [3.05, 3.63) is 108 Å². The molecule has 0 unspecified atom stereocenters. The van der Waals surface area contributed by atoms with E-state index in [4.69, 9.17) is 9.47 Å². The number of carbonyl (C=O) groups excluding carboxylic acids is 3. The standard InChI is InChI=1S/C29H22N2O5/c1-18-6-10-22(11-7-18)35-23-12-8-21(9-13-23)31-28(33)26-15-14-25(17-27(26)29(31)34)36-24-5-3-4-20(16-24)30-19(2)32/h3-17H,1-2H3,(H,30,32). The van der Waals surface area contributed by atoms with Gasteiger partial charge in [-0.3, -0.25) is 14.4 Å². The Morgan fingerprint density at radius 1 is 0.694 bits per heavy atom. The number of carbonyl (C=O) groups is 3. The fourth-order valence-corrected chi connectivity index (χ4v) is 3.90. The first-order valence-corrected chi connectivity index (χ1v) is 11.3. The van der Waals surface area contributed by atoms with Crippen LogP contribution in [0.15, 0.2) is 91.0 Å². The molecule has 0 saturated heterocycles. The summed E-state index contributed by atoms with van der Waals surface area (Å²) in [7, 11) is 0. The Bertz CT molecular complexity index is 1480. The van der Waals surface area contributed by atoms with Gasteiger partial charge >= 0.3 is 0 Å². The van der Waals surface area contributed by atoms with Gasteiger partial charge in [0.1, 0.15) is 23.0 Å². The van der Waals surface area contributed by atoms with Crippen LogP contribution < -0.4 is 19.7 Å². The molecule has 0 saturated carbocycles. The molecule has 178 valence electrons. The van der Waals surface area contributed by atoms with Crippen molar-refractivity contribution in [2.24, 2.45) is 0 Å². The molecule has 1 aliphatic heterocycles. The molecule has 3 amide bonds.